The van der Waals surface area contributed by atoms with Crippen LogP contribution in [0.3, 0.4) is 0 Å². The highest BCUT2D eigenvalue weighted by Gasteiger charge is 2.31. The monoisotopic (exact) mass is 402 g/mol. The van der Waals surface area contributed by atoms with Crippen LogP contribution in [0.2, 0.25) is 0 Å². The Hall–Kier alpha value is -3.28. The Kier molecular flexibility index (Phi) is 5.92. The molecule has 3 rings (SSSR count). The van der Waals surface area contributed by atoms with Gasteiger partial charge in [0.25, 0.3) is 0 Å². The maximum atomic E-state index is 13.0. The predicted octanol–water partition coefficient (Wildman–Crippen LogP) is 3.60. The fraction of sp³-hybridized carbons (Fsp3) is 0.350. The number of guanidine groups is 1. The van der Waals surface area contributed by atoms with Crippen molar-refractivity contribution in [2.75, 3.05) is 31.1 Å². The van der Waals surface area contributed by atoms with Crippen molar-refractivity contribution < 1.29 is 13.2 Å². The third-order valence-corrected chi connectivity index (χ3v) is 4.59. The molecule has 6 nitrogen and oxygen atoms in total. The zero-order chi connectivity index (χ0) is 21.0. The van der Waals surface area contributed by atoms with E-state index in [4.69, 9.17) is 5.26 Å². The van der Waals surface area contributed by atoms with Crippen LogP contribution in [-0.2, 0) is 6.18 Å². The van der Waals surface area contributed by atoms with Crippen molar-refractivity contribution in [1.82, 2.24) is 15.2 Å². The van der Waals surface area contributed by atoms with Crippen molar-refractivity contribution >= 4 is 17.5 Å². The van der Waals surface area contributed by atoms with E-state index in [9.17, 15) is 13.2 Å². The third kappa shape index (κ3) is 5.16. The minimum absolute atomic E-state index is 0.383. The Labute approximate surface area is 167 Å². The number of alkyl halides is 3. The van der Waals surface area contributed by atoms with Crippen LogP contribution < -0.4 is 10.2 Å². The molecule has 1 N–H and O–H groups in total. The zero-order valence-electron chi connectivity index (χ0n) is 16.2. The third-order valence-electron chi connectivity index (χ3n) is 4.59. The second-order valence-electron chi connectivity index (χ2n) is 6.84. The van der Waals surface area contributed by atoms with Crippen LogP contribution in [0.5, 0.6) is 0 Å². The summed E-state index contributed by atoms with van der Waals surface area (Å²) in [6.45, 7) is 5.85. The van der Waals surface area contributed by atoms with E-state index in [2.05, 4.69) is 15.3 Å². The van der Waals surface area contributed by atoms with E-state index in [-0.39, 0.29) is 0 Å². The number of piperazine rings is 1. The molecule has 1 aromatic carbocycles. The standard InChI is InChI=1S/C20H21F3N6/c1-14-10-15(2)26-18(11-14)27-19(25-13-24)29-8-6-28(7-9-29)17-5-3-4-16(12-17)20(21,22)23/h3-5,10-12H,6-9H2,1-2H3,(H,25,26,27). The maximum absolute atomic E-state index is 13.0. The number of nitrogens with zero attached hydrogens (tertiary/aromatic N) is 5. The molecule has 1 aromatic heterocycles. The SMILES string of the molecule is Cc1cc(C)nc(/N=C(\NC#N)N2CCN(c3cccc(C(F)(F)F)c3)CC2)c1. The Bertz CT molecular complexity index is 920. The molecule has 0 amide bonds. The van der Waals surface area contributed by atoms with Crippen LogP contribution in [0, 0.1) is 25.3 Å². The van der Waals surface area contributed by atoms with Gasteiger partial charge in [0, 0.05) is 37.6 Å². The normalized spacial score (nSPS) is 15.2. The fourth-order valence-corrected chi connectivity index (χ4v) is 3.27. The number of anilines is 1. The summed E-state index contributed by atoms with van der Waals surface area (Å²) < 4.78 is 38.9. The lowest BCUT2D eigenvalue weighted by atomic mass is 10.1. The maximum Gasteiger partial charge on any atom is 0.416 e. The highest BCUT2D eigenvalue weighted by molar-refractivity contribution is 5.84. The van der Waals surface area contributed by atoms with Gasteiger partial charge in [-0.1, -0.05) is 6.07 Å². The number of hydrogen-bond acceptors (Lipinski definition) is 4. The molecule has 0 spiro atoms. The lowest BCUT2D eigenvalue weighted by molar-refractivity contribution is -0.137. The van der Waals surface area contributed by atoms with E-state index < -0.39 is 11.7 Å². The molecule has 1 aliphatic rings. The van der Waals surface area contributed by atoms with Crippen LogP contribution in [0.15, 0.2) is 41.4 Å². The molecule has 0 radical (unpaired) electrons. The van der Waals surface area contributed by atoms with Crippen LogP contribution in [0.1, 0.15) is 16.8 Å². The molecule has 152 valence electrons. The Balaban J connectivity index is 1.74. The molecule has 1 aliphatic heterocycles. The molecule has 9 heteroatoms. The summed E-state index contributed by atoms with van der Waals surface area (Å²) in [5.41, 5.74) is 1.71. The number of halogens is 3. The van der Waals surface area contributed by atoms with E-state index in [1.165, 1.54) is 6.07 Å². The van der Waals surface area contributed by atoms with E-state index in [1.54, 1.807) is 6.07 Å². The molecular formula is C20H21F3N6. The minimum atomic E-state index is -4.37. The number of benzene rings is 1. The minimum Gasteiger partial charge on any atom is -0.368 e. The molecule has 0 saturated carbocycles. The first-order chi connectivity index (χ1) is 13.8. The molecular weight excluding hydrogens is 381 g/mol. The van der Waals surface area contributed by atoms with Gasteiger partial charge < -0.3 is 9.80 Å². The van der Waals surface area contributed by atoms with Crippen molar-refractivity contribution in [3.8, 4) is 6.19 Å². The predicted molar refractivity (Wildman–Crippen MR) is 105 cm³/mol. The van der Waals surface area contributed by atoms with Gasteiger partial charge in [-0.2, -0.15) is 23.4 Å². The summed E-state index contributed by atoms with van der Waals surface area (Å²) in [7, 11) is 0. The molecule has 29 heavy (non-hydrogen) atoms. The van der Waals surface area contributed by atoms with E-state index >= 15 is 0 Å². The lowest BCUT2D eigenvalue weighted by Gasteiger charge is -2.37. The number of rotatable bonds is 2. The quantitative estimate of drug-likeness (QED) is 0.360. The molecule has 2 heterocycles. The van der Waals surface area contributed by atoms with Crippen molar-refractivity contribution in [2.24, 2.45) is 4.99 Å². The highest BCUT2D eigenvalue weighted by atomic mass is 19.4. The number of nitrogens with one attached hydrogen (secondary N) is 1. The summed E-state index contributed by atoms with van der Waals surface area (Å²) in [6.07, 6.45) is -2.48. The van der Waals surface area contributed by atoms with Gasteiger partial charge >= 0.3 is 6.18 Å². The molecule has 2 aromatic rings. The molecule has 1 fully saturated rings. The summed E-state index contributed by atoms with van der Waals surface area (Å²) in [5.74, 6) is 0.884. The average molecular weight is 402 g/mol. The molecule has 0 atom stereocenters. The topological polar surface area (TPSA) is 67.5 Å². The summed E-state index contributed by atoms with van der Waals surface area (Å²) >= 11 is 0. The van der Waals surface area contributed by atoms with Crippen molar-refractivity contribution in [3.05, 3.63) is 53.2 Å². The summed E-state index contributed by atoms with van der Waals surface area (Å²) in [6, 6.07) is 9.08. The molecule has 0 unspecified atom stereocenters. The van der Waals surface area contributed by atoms with Gasteiger partial charge in [-0.3, -0.25) is 5.32 Å². The second kappa shape index (κ2) is 8.39. The van der Waals surface area contributed by atoms with Gasteiger partial charge in [-0.05, 0) is 49.7 Å². The smallest absolute Gasteiger partial charge is 0.368 e. The number of aliphatic imine (C=N–C) groups is 1. The van der Waals surface area contributed by atoms with Crippen LogP contribution in [-0.4, -0.2) is 42.0 Å². The number of aromatic nitrogens is 1. The highest BCUT2D eigenvalue weighted by Crippen LogP contribution is 2.31. The Morgan fingerprint density at radius 1 is 1.14 bits per heavy atom. The van der Waals surface area contributed by atoms with Gasteiger partial charge in [0.1, 0.15) is 0 Å². The average Bonchev–Trinajstić information content (AvgIpc) is 2.66. The lowest BCUT2D eigenvalue weighted by Crippen LogP contribution is -2.51. The van der Waals surface area contributed by atoms with Gasteiger partial charge in [0.05, 0.1) is 5.56 Å². The number of hydrogen-bond donors (Lipinski definition) is 1. The molecule has 0 aliphatic carbocycles. The zero-order valence-corrected chi connectivity index (χ0v) is 16.2. The first kappa shape index (κ1) is 20.5. The van der Waals surface area contributed by atoms with Crippen molar-refractivity contribution in [3.63, 3.8) is 0 Å². The van der Waals surface area contributed by atoms with E-state index in [0.717, 1.165) is 23.4 Å². The van der Waals surface area contributed by atoms with Crippen LogP contribution >= 0.6 is 0 Å². The van der Waals surface area contributed by atoms with Gasteiger partial charge in [-0.25, -0.2) is 4.98 Å². The van der Waals surface area contributed by atoms with Gasteiger partial charge in [-0.15, -0.1) is 0 Å². The molecule has 1 saturated heterocycles. The largest absolute Gasteiger partial charge is 0.416 e. The van der Waals surface area contributed by atoms with Crippen LogP contribution in [0.25, 0.3) is 0 Å². The number of aryl methyl sites for hydroxylation is 2. The number of pyridine rings is 1. The number of nitriles is 1. The second-order valence-corrected chi connectivity index (χ2v) is 6.84. The van der Waals surface area contributed by atoms with Gasteiger partial charge in [0.2, 0.25) is 5.96 Å². The first-order valence-corrected chi connectivity index (χ1v) is 9.12. The summed E-state index contributed by atoms with van der Waals surface area (Å²) in [4.78, 5) is 12.6. The van der Waals surface area contributed by atoms with E-state index in [1.807, 2.05) is 42.0 Å². The first-order valence-electron chi connectivity index (χ1n) is 9.12. The summed E-state index contributed by atoms with van der Waals surface area (Å²) in [5, 5.41) is 11.7. The van der Waals surface area contributed by atoms with E-state index in [0.29, 0.717) is 43.6 Å². The Morgan fingerprint density at radius 3 is 2.48 bits per heavy atom. The van der Waals surface area contributed by atoms with Crippen molar-refractivity contribution in [1.29, 1.82) is 5.26 Å². The van der Waals surface area contributed by atoms with Crippen molar-refractivity contribution in [2.45, 2.75) is 20.0 Å². The Morgan fingerprint density at radius 2 is 1.86 bits per heavy atom. The molecule has 0 bridgehead atoms. The van der Waals surface area contributed by atoms with Crippen LogP contribution in [0.4, 0.5) is 24.7 Å². The fourth-order valence-electron chi connectivity index (χ4n) is 3.27. The van der Waals surface area contributed by atoms with Gasteiger partial charge in [0.15, 0.2) is 12.0 Å².